The van der Waals surface area contributed by atoms with Crippen molar-refractivity contribution in [2.75, 3.05) is 12.8 Å². The Hall–Kier alpha value is -0.620. The van der Waals surface area contributed by atoms with Gasteiger partial charge in [-0.2, -0.15) is 4.31 Å². The van der Waals surface area contributed by atoms with Crippen LogP contribution in [0.25, 0.3) is 0 Å². The van der Waals surface area contributed by atoms with E-state index in [1.807, 2.05) is 13.8 Å². The number of amides is 1. The van der Waals surface area contributed by atoms with Crippen molar-refractivity contribution in [3.05, 3.63) is 0 Å². The molecule has 1 saturated heterocycles. The minimum absolute atomic E-state index is 0.0887. The van der Waals surface area contributed by atoms with Gasteiger partial charge in [-0.1, -0.05) is 13.3 Å². The zero-order valence-corrected chi connectivity index (χ0v) is 11.6. The molecular formula is C11H22N2O3S. The number of piperidine rings is 1. The van der Waals surface area contributed by atoms with Gasteiger partial charge in [0.2, 0.25) is 15.9 Å². The molecule has 0 bridgehead atoms. The summed E-state index contributed by atoms with van der Waals surface area (Å²) < 4.78 is 24.5. The van der Waals surface area contributed by atoms with E-state index in [0.29, 0.717) is 13.0 Å². The van der Waals surface area contributed by atoms with E-state index < -0.39 is 16.1 Å². The van der Waals surface area contributed by atoms with Gasteiger partial charge in [-0.15, -0.1) is 0 Å². The highest BCUT2D eigenvalue weighted by molar-refractivity contribution is 7.88. The molecule has 0 aromatic carbocycles. The SMILES string of the molecule is CC[C@H](C)NC(=O)[C@@H]1CCCCN1S(C)(=O)=O. The summed E-state index contributed by atoms with van der Waals surface area (Å²) in [5, 5.41) is 2.86. The lowest BCUT2D eigenvalue weighted by molar-refractivity contribution is -0.126. The molecule has 1 heterocycles. The van der Waals surface area contributed by atoms with Gasteiger partial charge in [0.15, 0.2) is 0 Å². The van der Waals surface area contributed by atoms with Crippen LogP contribution in [0.3, 0.4) is 0 Å². The first-order chi connectivity index (χ1) is 7.86. The minimum Gasteiger partial charge on any atom is -0.352 e. The van der Waals surface area contributed by atoms with Gasteiger partial charge >= 0.3 is 0 Å². The molecular weight excluding hydrogens is 240 g/mol. The van der Waals surface area contributed by atoms with Crippen molar-refractivity contribution in [3.8, 4) is 0 Å². The molecule has 0 spiro atoms. The van der Waals surface area contributed by atoms with E-state index >= 15 is 0 Å². The average molecular weight is 262 g/mol. The van der Waals surface area contributed by atoms with Crippen molar-refractivity contribution in [1.29, 1.82) is 0 Å². The first kappa shape index (κ1) is 14.4. The van der Waals surface area contributed by atoms with Crippen LogP contribution in [0.5, 0.6) is 0 Å². The molecule has 100 valence electrons. The van der Waals surface area contributed by atoms with E-state index in [0.717, 1.165) is 19.3 Å². The van der Waals surface area contributed by atoms with Crippen LogP contribution in [0.2, 0.25) is 0 Å². The van der Waals surface area contributed by atoms with Crippen LogP contribution in [0.15, 0.2) is 0 Å². The lowest BCUT2D eigenvalue weighted by atomic mass is 10.0. The van der Waals surface area contributed by atoms with Gasteiger partial charge in [0.1, 0.15) is 6.04 Å². The standard InChI is InChI=1S/C11H22N2O3S/c1-4-9(2)12-11(14)10-7-5-6-8-13(10)17(3,15)16/h9-10H,4-8H2,1-3H3,(H,12,14)/t9-,10-/m0/s1. The first-order valence-corrected chi connectivity index (χ1v) is 7.98. The number of hydrogen-bond donors (Lipinski definition) is 1. The summed E-state index contributed by atoms with van der Waals surface area (Å²) >= 11 is 0. The van der Waals surface area contributed by atoms with Crippen molar-refractivity contribution in [2.45, 2.75) is 51.6 Å². The maximum Gasteiger partial charge on any atom is 0.238 e. The molecule has 1 aliphatic rings. The fraction of sp³-hybridized carbons (Fsp3) is 0.909. The first-order valence-electron chi connectivity index (χ1n) is 6.13. The van der Waals surface area contributed by atoms with Crippen LogP contribution >= 0.6 is 0 Å². The van der Waals surface area contributed by atoms with Gasteiger partial charge in [0.25, 0.3) is 0 Å². The third kappa shape index (κ3) is 3.96. The molecule has 0 aliphatic carbocycles. The zero-order chi connectivity index (χ0) is 13.1. The van der Waals surface area contributed by atoms with Crippen LogP contribution in [-0.4, -0.2) is 43.5 Å². The van der Waals surface area contributed by atoms with E-state index in [1.165, 1.54) is 10.6 Å². The molecule has 0 aromatic rings. The van der Waals surface area contributed by atoms with E-state index in [9.17, 15) is 13.2 Å². The van der Waals surface area contributed by atoms with Crippen LogP contribution in [0, 0.1) is 0 Å². The second kappa shape index (κ2) is 5.82. The van der Waals surface area contributed by atoms with Crippen molar-refractivity contribution in [1.82, 2.24) is 9.62 Å². The Balaban J connectivity index is 2.75. The molecule has 0 radical (unpaired) electrons. The summed E-state index contributed by atoms with van der Waals surface area (Å²) in [4.78, 5) is 12.0. The number of hydrogen-bond acceptors (Lipinski definition) is 3. The fourth-order valence-electron chi connectivity index (χ4n) is 2.01. The largest absolute Gasteiger partial charge is 0.352 e. The Bertz CT molecular complexity index is 367. The minimum atomic E-state index is -3.29. The zero-order valence-electron chi connectivity index (χ0n) is 10.8. The highest BCUT2D eigenvalue weighted by atomic mass is 32.2. The number of nitrogens with zero attached hydrogens (tertiary/aromatic N) is 1. The summed E-state index contributed by atoms with van der Waals surface area (Å²) in [6, 6.07) is -0.432. The number of carbonyl (C=O) groups is 1. The molecule has 17 heavy (non-hydrogen) atoms. The number of nitrogens with one attached hydrogen (secondary N) is 1. The number of rotatable bonds is 4. The Labute approximate surface area is 104 Å². The third-order valence-corrected chi connectivity index (χ3v) is 4.47. The maximum absolute atomic E-state index is 12.0. The van der Waals surface area contributed by atoms with Gasteiger partial charge < -0.3 is 5.32 Å². The molecule has 1 amide bonds. The molecule has 2 atom stereocenters. The van der Waals surface area contributed by atoms with Crippen molar-refractivity contribution in [3.63, 3.8) is 0 Å². The lowest BCUT2D eigenvalue weighted by Gasteiger charge is -2.33. The van der Waals surface area contributed by atoms with E-state index in [2.05, 4.69) is 5.32 Å². The molecule has 0 saturated carbocycles. The predicted molar refractivity (Wildman–Crippen MR) is 67.1 cm³/mol. The summed E-state index contributed by atoms with van der Waals surface area (Å²) in [5.74, 6) is -0.163. The smallest absolute Gasteiger partial charge is 0.238 e. The van der Waals surface area contributed by atoms with Crippen LogP contribution < -0.4 is 5.32 Å². The van der Waals surface area contributed by atoms with Crippen molar-refractivity contribution < 1.29 is 13.2 Å². The summed E-state index contributed by atoms with van der Waals surface area (Å²) in [7, 11) is -3.29. The van der Waals surface area contributed by atoms with Gasteiger partial charge in [-0.3, -0.25) is 4.79 Å². The third-order valence-electron chi connectivity index (χ3n) is 3.18. The maximum atomic E-state index is 12.0. The molecule has 5 nitrogen and oxygen atoms in total. The number of sulfonamides is 1. The van der Waals surface area contributed by atoms with Crippen molar-refractivity contribution >= 4 is 15.9 Å². The van der Waals surface area contributed by atoms with E-state index in [4.69, 9.17) is 0 Å². The van der Waals surface area contributed by atoms with Gasteiger partial charge in [-0.25, -0.2) is 8.42 Å². The Morgan fingerprint density at radius 1 is 1.47 bits per heavy atom. The number of carbonyl (C=O) groups excluding carboxylic acids is 1. The second-order valence-corrected chi connectivity index (χ2v) is 6.64. The Morgan fingerprint density at radius 2 is 2.12 bits per heavy atom. The lowest BCUT2D eigenvalue weighted by Crippen LogP contribution is -2.52. The highest BCUT2D eigenvalue weighted by Gasteiger charge is 2.34. The quantitative estimate of drug-likeness (QED) is 0.811. The fourth-order valence-corrected chi connectivity index (χ4v) is 3.13. The summed E-state index contributed by atoms with van der Waals surface area (Å²) in [6.07, 6.45) is 4.37. The Kier molecular flexibility index (Phi) is 4.94. The van der Waals surface area contributed by atoms with Crippen LogP contribution in [0.1, 0.15) is 39.5 Å². The van der Waals surface area contributed by atoms with Crippen LogP contribution in [-0.2, 0) is 14.8 Å². The monoisotopic (exact) mass is 262 g/mol. The summed E-state index contributed by atoms with van der Waals surface area (Å²) in [5.41, 5.74) is 0. The van der Waals surface area contributed by atoms with Gasteiger partial charge in [-0.05, 0) is 26.2 Å². The molecule has 1 aliphatic heterocycles. The second-order valence-electron chi connectivity index (χ2n) is 4.70. The van der Waals surface area contributed by atoms with Gasteiger partial charge in [0, 0.05) is 12.6 Å². The highest BCUT2D eigenvalue weighted by Crippen LogP contribution is 2.20. The normalized spacial score (nSPS) is 24.3. The van der Waals surface area contributed by atoms with Crippen molar-refractivity contribution in [2.24, 2.45) is 0 Å². The predicted octanol–water partition coefficient (Wildman–Crippen LogP) is 0.715. The average Bonchev–Trinajstić information content (AvgIpc) is 2.27. The summed E-state index contributed by atoms with van der Waals surface area (Å²) in [6.45, 7) is 4.36. The molecule has 6 heteroatoms. The van der Waals surface area contributed by atoms with Gasteiger partial charge in [0.05, 0.1) is 6.26 Å². The van der Waals surface area contributed by atoms with Crippen LogP contribution in [0.4, 0.5) is 0 Å². The van der Waals surface area contributed by atoms with E-state index in [-0.39, 0.29) is 11.9 Å². The molecule has 0 aromatic heterocycles. The molecule has 0 unspecified atom stereocenters. The molecule has 1 N–H and O–H groups in total. The van der Waals surface area contributed by atoms with E-state index in [1.54, 1.807) is 0 Å². The molecule has 1 rings (SSSR count). The topological polar surface area (TPSA) is 66.5 Å². The Morgan fingerprint density at radius 3 is 2.65 bits per heavy atom. The molecule has 1 fully saturated rings.